The smallest absolute Gasteiger partial charge is 0.231 e. The van der Waals surface area contributed by atoms with Crippen LogP contribution in [0.3, 0.4) is 0 Å². The molecule has 1 heterocycles. The van der Waals surface area contributed by atoms with Crippen molar-refractivity contribution in [3.8, 4) is 0 Å². The van der Waals surface area contributed by atoms with Crippen LogP contribution in [0, 0.1) is 17.6 Å². The molecule has 5 rings (SSSR count). The number of carbonyl (C=O) groups is 1. The standard InChI is InChI=1S/C25H28F2N2O/c1-29(24(30)13-16-5-8-21(26)22(27)12-16)18-7-6-17-14-23-19-4-2-3-9-25(19,10-11-28-23)20(17)15-18/h5-8,12,15,19,23,28H,2-4,9-11,13-14H2,1H3/t19-,23+,25+/m0/s1. The molecule has 1 amide bonds. The normalized spacial score (nSPS) is 27.2. The molecule has 1 aliphatic heterocycles. The Balaban J connectivity index is 1.43. The topological polar surface area (TPSA) is 32.3 Å². The molecule has 30 heavy (non-hydrogen) atoms. The highest BCUT2D eigenvalue weighted by molar-refractivity contribution is 5.94. The molecule has 2 bridgehead atoms. The highest BCUT2D eigenvalue weighted by Crippen LogP contribution is 2.54. The molecule has 0 unspecified atom stereocenters. The van der Waals surface area contributed by atoms with Gasteiger partial charge in [-0.05, 0) is 79.1 Å². The summed E-state index contributed by atoms with van der Waals surface area (Å²) in [4.78, 5) is 14.5. The SMILES string of the molecule is CN(C(=O)Cc1ccc(F)c(F)c1)c1ccc2c(c1)[C@@]13CCCC[C@H]1[C@@H](C2)NCC3. The summed E-state index contributed by atoms with van der Waals surface area (Å²) in [5.74, 6) is -1.25. The van der Waals surface area contributed by atoms with Gasteiger partial charge in [0.15, 0.2) is 11.6 Å². The van der Waals surface area contributed by atoms with Crippen molar-refractivity contribution in [2.75, 3.05) is 18.5 Å². The largest absolute Gasteiger partial charge is 0.315 e. The van der Waals surface area contributed by atoms with Gasteiger partial charge in [0.25, 0.3) is 0 Å². The zero-order chi connectivity index (χ0) is 20.9. The quantitative estimate of drug-likeness (QED) is 0.807. The van der Waals surface area contributed by atoms with Gasteiger partial charge in [-0.25, -0.2) is 8.78 Å². The number of nitrogens with zero attached hydrogens (tertiary/aromatic N) is 1. The molecule has 2 aliphatic carbocycles. The van der Waals surface area contributed by atoms with E-state index in [0.717, 1.165) is 37.2 Å². The second-order valence-corrected chi connectivity index (χ2v) is 9.24. The first-order chi connectivity index (χ1) is 14.5. The third-order valence-electron chi connectivity index (χ3n) is 7.73. The first kappa shape index (κ1) is 19.7. The van der Waals surface area contributed by atoms with Crippen molar-refractivity contribution in [2.45, 2.75) is 56.4 Å². The molecule has 2 aromatic carbocycles. The first-order valence-corrected chi connectivity index (χ1v) is 11.1. The van der Waals surface area contributed by atoms with Crippen LogP contribution in [-0.2, 0) is 23.1 Å². The van der Waals surface area contributed by atoms with E-state index in [9.17, 15) is 13.6 Å². The average Bonchev–Trinajstić information content (AvgIpc) is 2.75. The van der Waals surface area contributed by atoms with Crippen molar-refractivity contribution < 1.29 is 13.6 Å². The van der Waals surface area contributed by atoms with E-state index < -0.39 is 11.6 Å². The van der Waals surface area contributed by atoms with E-state index in [4.69, 9.17) is 0 Å². The molecule has 1 saturated carbocycles. The monoisotopic (exact) mass is 410 g/mol. The predicted octanol–water partition coefficient (Wildman–Crippen LogP) is 4.52. The van der Waals surface area contributed by atoms with Crippen LogP contribution < -0.4 is 10.2 Å². The van der Waals surface area contributed by atoms with E-state index >= 15 is 0 Å². The van der Waals surface area contributed by atoms with Gasteiger partial charge in [0.05, 0.1) is 6.42 Å². The molecule has 1 saturated heterocycles. The minimum atomic E-state index is -0.917. The fourth-order valence-electron chi connectivity index (χ4n) is 6.21. The van der Waals surface area contributed by atoms with Gasteiger partial charge in [-0.1, -0.05) is 25.0 Å². The molecule has 1 N–H and O–H groups in total. The molecule has 3 aliphatic rings. The third kappa shape index (κ3) is 3.15. The van der Waals surface area contributed by atoms with Crippen molar-refractivity contribution >= 4 is 11.6 Å². The lowest BCUT2D eigenvalue weighted by atomic mass is 9.53. The average molecular weight is 411 g/mol. The highest BCUT2D eigenvalue weighted by atomic mass is 19.2. The van der Waals surface area contributed by atoms with Crippen LogP contribution in [0.2, 0.25) is 0 Å². The Kier molecular flexibility index (Phi) is 4.89. The fraction of sp³-hybridized carbons (Fsp3) is 0.480. The zero-order valence-electron chi connectivity index (χ0n) is 17.4. The molecule has 2 fully saturated rings. The summed E-state index contributed by atoms with van der Waals surface area (Å²) in [6.07, 6.45) is 7.38. The van der Waals surface area contributed by atoms with Gasteiger partial charge >= 0.3 is 0 Å². The van der Waals surface area contributed by atoms with Gasteiger partial charge in [0, 0.05) is 24.2 Å². The van der Waals surface area contributed by atoms with E-state index in [-0.39, 0.29) is 17.7 Å². The Morgan fingerprint density at radius 2 is 2.00 bits per heavy atom. The lowest BCUT2D eigenvalue weighted by Gasteiger charge is -2.56. The maximum absolute atomic E-state index is 13.5. The summed E-state index contributed by atoms with van der Waals surface area (Å²) >= 11 is 0. The van der Waals surface area contributed by atoms with E-state index in [1.54, 1.807) is 11.9 Å². The molecule has 158 valence electrons. The number of halogens is 2. The van der Waals surface area contributed by atoms with Crippen LogP contribution >= 0.6 is 0 Å². The summed E-state index contributed by atoms with van der Waals surface area (Å²) in [6, 6.07) is 10.7. The number of hydrogen-bond acceptors (Lipinski definition) is 2. The molecule has 0 radical (unpaired) electrons. The third-order valence-corrected chi connectivity index (χ3v) is 7.73. The number of anilines is 1. The Morgan fingerprint density at radius 1 is 1.13 bits per heavy atom. The lowest BCUT2D eigenvalue weighted by molar-refractivity contribution is -0.117. The number of rotatable bonds is 3. The minimum Gasteiger partial charge on any atom is -0.315 e. The first-order valence-electron chi connectivity index (χ1n) is 11.1. The van der Waals surface area contributed by atoms with Crippen LogP contribution in [0.5, 0.6) is 0 Å². The highest BCUT2D eigenvalue weighted by Gasteiger charge is 2.51. The molecule has 5 heteroatoms. The van der Waals surface area contributed by atoms with Crippen molar-refractivity contribution in [3.05, 3.63) is 64.7 Å². The second kappa shape index (κ2) is 7.45. The van der Waals surface area contributed by atoms with Crippen molar-refractivity contribution in [3.63, 3.8) is 0 Å². The number of nitrogens with one attached hydrogen (secondary N) is 1. The van der Waals surface area contributed by atoms with Crippen LogP contribution in [-0.4, -0.2) is 25.5 Å². The number of hydrogen-bond donors (Lipinski definition) is 1. The molecule has 3 atom stereocenters. The summed E-state index contributed by atoms with van der Waals surface area (Å²) in [6.45, 7) is 1.07. The van der Waals surface area contributed by atoms with Gasteiger partial charge in [-0.3, -0.25) is 4.79 Å². The van der Waals surface area contributed by atoms with Gasteiger partial charge in [0.2, 0.25) is 5.91 Å². The zero-order valence-corrected chi connectivity index (χ0v) is 17.4. The molecular formula is C25H28F2N2O. The Bertz CT molecular complexity index is 987. The van der Waals surface area contributed by atoms with Gasteiger partial charge in [-0.15, -0.1) is 0 Å². The number of piperidine rings is 1. The van der Waals surface area contributed by atoms with Crippen molar-refractivity contribution in [1.29, 1.82) is 0 Å². The molecule has 3 nitrogen and oxygen atoms in total. The Hall–Kier alpha value is -2.27. The van der Waals surface area contributed by atoms with Crippen LogP contribution in [0.25, 0.3) is 0 Å². The van der Waals surface area contributed by atoms with E-state index in [2.05, 4.69) is 17.4 Å². The number of likely N-dealkylation sites (N-methyl/N-ethyl adjacent to an activating group) is 1. The number of benzene rings is 2. The summed E-state index contributed by atoms with van der Waals surface area (Å²) in [7, 11) is 1.77. The van der Waals surface area contributed by atoms with Crippen LogP contribution in [0.4, 0.5) is 14.5 Å². The summed E-state index contributed by atoms with van der Waals surface area (Å²) in [5, 5.41) is 3.75. The van der Waals surface area contributed by atoms with E-state index in [0.29, 0.717) is 17.5 Å². The van der Waals surface area contributed by atoms with Crippen molar-refractivity contribution in [1.82, 2.24) is 5.32 Å². The van der Waals surface area contributed by atoms with Crippen molar-refractivity contribution in [2.24, 2.45) is 5.92 Å². The van der Waals surface area contributed by atoms with E-state index in [1.807, 2.05) is 6.07 Å². The van der Waals surface area contributed by atoms with Crippen LogP contribution in [0.1, 0.15) is 48.8 Å². The van der Waals surface area contributed by atoms with E-state index in [1.165, 1.54) is 42.9 Å². The summed E-state index contributed by atoms with van der Waals surface area (Å²) < 4.78 is 26.7. The Morgan fingerprint density at radius 3 is 2.83 bits per heavy atom. The van der Waals surface area contributed by atoms with Gasteiger partial charge in [-0.2, -0.15) is 0 Å². The van der Waals surface area contributed by atoms with Gasteiger partial charge < -0.3 is 10.2 Å². The molecule has 2 aromatic rings. The lowest BCUT2D eigenvalue weighted by Crippen LogP contribution is -2.59. The maximum Gasteiger partial charge on any atom is 0.231 e. The second-order valence-electron chi connectivity index (χ2n) is 9.24. The minimum absolute atomic E-state index is 0.0462. The summed E-state index contributed by atoms with van der Waals surface area (Å²) in [5.41, 5.74) is 4.46. The molecule has 0 spiro atoms. The predicted molar refractivity (Wildman–Crippen MR) is 114 cm³/mol. The number of carbonyl (C=O) groups excluding carboxylic acids is 1. The molecule has 0 aromatic heterocycles. The number of fused-ring (bicyclic) bond motifs is 1. The van der Waals surface area contributed by atoms with Gasteiger partial charge in [0.1, 0.15) is 0 Å². The maximum atomic E-state index is 13.5. The Labute approximate surface area is 176 Å². The molecular weight excluding hydrogens is 382 g/mol. The fourth-order valence-corrected chi connectivity index (χ4v) is 6.21. The van der Waals surface area contributed by atoms with Crippen LogP contribution in [0.15, 0.2) is 36.4 Å². The number of amides is 1.